The number of nitrogens with one attached hydrogen (secondary N) is 1. The molecule has 0 aromatic heterocycles. The third-order valence-electron chi connectivity index (χ3n) is 3.32. The lowest BCUT2D eigenvalue weighted by atomic mass is 10.0. The topological polar surface area (TPSA) is 64.3 Å². The van der Waals surface area contributed by atoms with Gasteiger partial charge in [-0.15, -0.1) is 0 Å². The molecule has 2 atom stereocenters. The first kappa shape index (κ1) is 16.7. The molecule has 112 valence electrons. The van der Waals surface area contributed by atoms with E-state index in [-0.39, 0.29) is 17.9 Å². The number of hydrogen-bond acceptors (Lipinski definition) is 3. The Morgan fingerprint density at radius 1 is 1.30 bits per heavy atom. The minimum Gasteiger partial charge on any atom is -0.380 e. The van der Waals surface area contributed by atoms with Gasteiger partial charge in [-0.2, -0.15) is 0 Å². The number of anilines is 1. The van der Waals surface area contributed by atoms with Crippen molar-refractivity contribution in [3.8, 4) is 0 Å². The predicted octanol–water partition coefficient (Wildman–Crippen LogP) is 2.93. The van der Waals surface area contributed by atoms with Crippen molar-refractivity contribution in [1.82, 2.24) is 0 Å². The van der Waals surface area contributed by atoms with Crippen molar-refractivity contribution >= 4 is 11.6 Å². The number of para-hydroxylation sites is 1. The molecule has 2 unspecified atom stereocenters. The Labute approximate surface area is 121 Å². The molecule has 0 bridgehead atoms. The van der Waals surface area contributed by atoms with Crippen LogP contribution in [0, 0.1) is 5.92 Å². The Hall–Kier alpha value is -1.39. The summed E-state index contributed by atoms with van der Waals surface area (Å²) in [6, 6.07) is 7.92. The van der Waals surface area contributed by atoms with Crippen molar-refractivity contribution in [3.05, 3.63) is 29.8 Å². The van der Waals surface area contributed by atoms with Crippen LogP contribution in [-0.4, -0.2) is 19.1 Å². The largest absolute Gasteiger partial charge is 0.380 e. The Morgan fingerprint density at radius 3 is 2.65 bits per heavy atom. The summed E-state index contributed by atoms with van der Waals surface area (Å²) in [5.74, 6) is 0.0441. The number of hydrogen-bond donors (Lipinski definition) is 2. The molecule has 0 radical (unpaired) electrons. The molecule has 1 rings (SSSR count). The number of rotatable bonds is 8. The lowest BCUT2D eigenvalue weighted by Crippen LogP contribution is -2.22. The van der Waals surface area contributed by atoms with Gasteiger partial charge in [-0.3, -0.25) is 4.79 Å². The maximum absolute atomic E-state index is 12.2. The van der Waals surface area contributed by atoms with E-state index in [1.165, 1.54) is 0 Å². The van der Waals surface area contributed by atoms with Gasteiger partial charge >= 0.3 is 0 Å². The van der Waals surface area contributed by atoms with E-state index < -0.39 is 0 Å². The number of methoxy groups -OCH3 is 1. The summed E-state index contributed by atoms with van der Waals surface area (Å²) in [7, 11) is 1.65. The summed E-state index contributed by atoms with van der Waals surface area (Å²) in [5, 5.41) is 2.98. The SMILES string of the molecule is COCc1ccccc1NC(=O)C(C)CCCC(C)N. The minimum atomic E-state index is -0.00986. The fraction of sp³-hybridized carbons (Fsp3) is 0.562. The van der Waals surface area contributed by atoms with E-state index in [1.807, 2.05) is 38.1 Å². The van der Waals surface area contributed by atoms with Crippen molar-refractivity contribution in [1.29, 1.82) is 0 Å². The van der Waals surface area contributed by atoms with Crippen LogP contribution in [0.15, 0.2) is 24.3 Å². The molecule has 4 heteroatoms. The lowest BCUT2D eigenvalue weighted by Gasteiger charge is -2.15. The molecule has 1 aromatic carbocycles. The molecule has 0 spiro atoms. The molecule has 0 fully saturated rings. The highest BCUT2D eigenvalue weighted by Crippen LogP contribution is 2.18. The maximum atomic E-state index is 12.2. The average Bonchev–Trinajstić information content (AvgIpc) is 2.40. The predicted molar refractivity (Wildman–Crippen MR) is 82.4 cm³/mol. The van der Waals surface area contributed by atoms with Gasteiger partial charge in [0.15, 0.2) is 0 Å². The Morgan fingerprint density at radius 2 is 2.00 bits per heavy atom. The van der Waals surface area contributed by atoms with Crippen LogP contribution < -0.4 is 11.1 Å². The van der Waals surface area contributed by atoms with Gasteiger partial charge in [-0.25, -0.2) is 0 Å². The summed E-state index contributed by atoms with van der Waals surface area (Å²) in [4.78, 5) is 12.2. The van der Waals surface area contributed by atoms with Gasteiger partial charge in [0.05, 0.1) is 6.61 Å². The third-order valence-corrected chi connectivity index (χ3v) is 3.32. The monoisotopic (exact) mass is 278 g/mol. The Bertz CT molecular complexity index is 419. The third kappa shape index (κ3) is 5.72. The van der Waals surface area contributed by atoms with Gasteiger partial charge in [0.2, 0.25) is 5.91 Å². The summed E-state index contributed by atoms with van der Waals surface area (Å²) < 4.78 is 5.14. The van der Waals surface area contributed by atoms with E-state index in [9.17, 15) is 4.79 Å². The number of carbonyl (C=O) groups excluding carboxylic acids is 1. The second-order valence-corrected chi connectivity index (χ2v) is 5.39. The summed E-state index contributed by atoms with van der Waals surface area (Å²) in [6.45, 7) is 4.44. The van der Waals surface area contributed by atoms with Crippen LogP contribution in [0.4, 0.5) is 5.69 Å². The molecule has 0 heterocycles. The van der Waals surface area contributed by atoms with Crippen molar-refractivity contribution in [2.24, 2.45) is 11.7 Å². The summed E-state index contributed by atoms with van der Waals surface area (Å²) in [6.07, 6.45) is 2.80. The molecule has 0 saturated heterocycles. The van der Waals surface area contributed by atoms with Crippen LogP contribution in [0.3, 0.4) is 0 Å². The van der Waals surface area contributed by atoms with Gasteiger partial charge in [-0.1, -0.05) is 31.5 Å². The number of amides is 1. The van der Waals surface area contributed by atoms with E-state index >= 15 is 0 Å². The summed E-state index contributed by atoms with van der Waals surface area (Å²) in [5.41, 5.74) is 7.54. The van der Waals surface area contributed by atoms with E-state index in [0.29, 0.717) is 6.61 Å². The molecule has 0 aliphatic rings. The van der Waals surface area contributed by atoms with Crippen molar-refractivity contribution in [2.45, 2.75) is 45.8 Å². The highest BCUT2D eigenvalue weighted by Gasteiger charge is 2.14. The zero-order valence-corrected chi connectivity index (χ0v) is 12.7. The Balaban J connectivity index is 2.52. The van der Waals surface area contributed by atoms with Gasteiger partial charge in [0.25, 0.3) is 0 Å². The van der Waals surface area contributed by atoms with Crippen molar-refractivity contribution in [3.63, 3.8) is 0 Å². The number of benzene rings is 1. The molecule has 0 aliphatic carbocycles. The minimum absolute atomic E-state index is 0.00986. The first-order valence-corrected chi connectivity index (χ1v) is 7.18. The van der Waals surface area contributed by atoms with E-state index in [0.717, 1.165) is 30.5 Å². The van der Waals surface area contributed by atoms with E-state index in [2.05, 4.69) is 5.32 Å². The number of nitrogens with two attached hydrogens (primary N) is 1. The van der Waals surface area contributed by atoms with Crippen LogP contribution in [-0.2, 0) is 16.1 Å². The fourth-order valence-electron chi connectivity index (χ4n) is 2.06. The quantitative estimate of drug-likeness (QED) is 0.768. The highest BCUT2D eigenvalue weighted by molar-refractivity contribution is 5.92. The zero-order valence-electron chi connectivity index (χ0n) is 12.7. The van der Waals surface area contributed by atoms with Crippen LogP contribution in [0.5, 0.6) is 0 Å². The molecule has 0 saturated carbocycles. The molecular weight excluding hydrogens is 252 g/mol. The first-order chi connectivity index (χ1) is 9.54. The number of carbonyl (C=O) groups is 1. The molecule has 4 nitrogen and oxygen atoms in total. The molecule has 20 heavy (non-hydrogen) atoms. The van der Waals surface area contributed by atoms with Gasteiger partial charge in [0, 0.05) is 30.3 Å². The molecule has 3 N–H and O–H groups in total. The number of ether oxygens (including phenoxy) is 1. The van der Waals surface area contributed by atoms with Gasteiger partial charge in [0.1, 0.15) is 0 Å². The standard InChI is InChI=1S/C16H26N2O2/c1-12(7-6-8-13(2)17)16(19)18-15-10-5-4-9-14(15)11-20-3/h4-5,9-10,12-13H,6-8,11,17H2,1-3H3,(H,18,19). The normalized spacial score (nSPS) is 13.8. The summed E-state index contributed by atoms with van der Waals surface area (Å²) >= 11 is 0. The van der Waals surface area contributed by atoms with Gasteiger partial charge in [-0.05, 0) is 25.8 Å². The molecule has 1 amide bonds. The maximum Gasteiger partial charge on any atom is 0.227 e. The second-order valence-electron chi connectivity index (χ2n) is 5.39. The first-order valence-electron chi connectivity index (χ1n) is 7.18. The Kier molecular flexibility index (Phi) is 7.26. The second kappa shape index (κ2) is 8.72. The zero-order chi connectivity index (χ0) is 15.0. The molecule has 0 aliphatic heterocycles. The van der Waals surface area contributed by atoms with Crippen molar-refractivity contribution < 1.29 is 9.53 Å². The van der Waals surface area contributed by atoms with E-state index in [1.54, 1.807) is 7.11 Å². The highest BCUT2D eigenvalue weighted by atomic mass is 16.5. The lowest BCUT2D eigenvalue weighted by molar-refractivity contribution is -0.119. The van der Waals surface area contributed by atoms with Crippen molar-refractivity contribution in [2.75, 3.05) is 12.4 Å². The van der Waals surface area contributed by atoms with Gasteiger partial charge < -0.3 is 15.8 Å². The average molecular weight is 278 g/mol. The fourth-order valence-corrected chi connectivity index (χ4v) is 2.06. The van der Waals surface area contributed by atoms with Crippen LogP contribution in [0.1, 0.15) is 38.7 Å². The van der Waals surface area contributed by atoms with Crippen LogP contribution >= 0.6 is 0 Å². The molecular formula is C16H26N2O2. The van der Waals surface area contributed by atoms with E-state index in [4.69, 9.17) is 10.5 Å². The molecule has 1 aromatic rings. The van der Waals surface area contributed by atoms with Crippen LogP contribution in [0.25, 0.3) is 0 Å². The smallest absolute Gasteiger partial charge is 0.227 e. The van der Waals surface area contributed by atoms with Crippen LogP contribution in [0.2, 0.25) is 0 Å².